The SMILES string of the molecule is c1ccc(-c2noc([C@@H]3CN(C4CCOCC4)C[C@H]3c3cccnc3)n2)cc1. The molecule has 2 saturated heterocycles. The summed E-state index contributed by atoms with van der Waals surface area (Å²) in [7, 11) is 0. The largest absolute Gasteiger partial charge is 0.381 e. The van der Waals surface area contributed by atoms with Crippen LogP contribution >= 0.6 is 0 Å². The summed E-state index contributed by atoms with van der Waals surface area (Å²) < 4.78 is 11.3. The number of benzene rings is 1. The maximum Gasteiger partial charge on any atom is 0.232 e. The molecule has 28 heavy (non-hydrogen) atoms. The Hall–Kier alpha value is -2.57. The Morgan fingerprint density at radius 3 is 2.54 bits per heavy atom. The topological polar surface area (TPSA) is 64.3 Å². The summed E-state index contributed by atoms with van der Waals surface area (Å²) in [5.74, 6) is 1.87. The quantitative estimate of drug-likeness (QED) is 0.694. The van der Waals surface area contributed by atoms with E-state index in [4.69, 9.17) is 14.2 Å². The number of rotatable bonds is 4. The first-order valence-corrected chi connectivity index (χ1v) is 9.99. The van der Waals surface area contributed by atoms with E-state index in [0.717, 1.165) is 50.6 Å². The van der Waals surface area contributed by atoms with E-state index in [1.54, 1.807) is 0 Å². The number of hydrogen-bond donors (Lipinski definition) is 0. The van der Waals surface area contributed by atoms with E-state index in [2.05, 4.69) is 21.1 Å². The fourth-order valence-electron chi connectivity index (χ4n) is 4.46. The fourth-order valence-corrected chi connectivity index (χ4v) is 4.46. The minimum atomic E-state index is 0.178. The first-order valence-electron chi connectivity index (χ1n) is 9.99. The van der Waals surface area contributed by atoms with Crippen molar-refractivity contribution in [3.05, 3.63) is 66.3 Å². The van der Waals surface area contributed by atoms with Crippen molar-refractivity contribution in [3.8, 4) is 11.4 Å². The Labute approximate surface area is 164 Å². The van der Waals surface area contributed by atoms with Crippen LogP contribution in [0.5, 0.6) is 0 Å². The van der Waals surface area contributed by atoms with E-state index < -0.39 is 0 Å². The van der Waals surface area contributed by atoms with Gasteiger partial charge in [0, 0.05) is 56.2 Å². The zero-order chi connectivity index (χ0) is 18.8. The molecular formula is C22H24N4O2. The van der Waals surface area contributed by atoms with Crippen LogP contribution in [-0.2, 0) is 4.74 Å². The Balaban J connectivity index is 1.44. The molecule has 4 heterocycles. The molecule has 0 amide bonds. The summed E-state index contributed by atoms with van der Waals surface area (Å²) in [6.45, 7) is 3.62. The third-order valence-corrected chi connectivity index (χ3v) is 5.96. The minimum Gasteiger partial charge on any atom is -0.381 e. The third-order valence-electron chi connectivity index (χ3n) is 5.96. The molecule has 0 spiro atoms. The third kappa shape index (κ3) is 3.45. The molecule has 0 aliphatic carbocycles. The molecule has 0 unspecified atom stereocenters. The van der Waals surface area contributed by atoms with Crippen molar-refractivity contribution in [3.63, 3.8) is 0 Å². The molecule has 2 fully saturated rings. The predicted octanol–water partition coefficient (Wildman–Crippen LogP) is 3.49. The molecule has 2 aromatic heterocycles. The molecule has 2 aliphatic rings. The van der Waals surface area contributed by atoms with Crippen LogP contribution in [0.25, 0.3) is 11.4 Å². The van der Waals surface area contributed by atoms with E-state index in [-0.39, 0.29) is 5.92 Å². The predicted molar refractivity (Wildman–Crippen MR) is 105 cm³/mol. The molecule has 5 rings (SSSR count). The molecule has 6 heteroatoms. The lowest BCUT2D eigenvalue weighted by molar-refractivity contribution is 0.0413. The van der Waals surface area contributed by atoms with Gasteiger partial charge in [0.25, 0.3) is 0 Å². The summed E-state index contributed by atoms with van der Waals surface area (Å²) >= 11 is 0. The van der Waals surface area contributed by atoms with Crippen LogP contribution in [0.3, 0.4) is 0 Å². The lowest BCUT2D eigenvalue weighted by Gasteiger charge is -2.31. The molecule has 144 valence electrons. The van der Waals surface area contributed by atoms with Gasteiger partial charge in [-0.25, -0.2) is 0 Å². The van der Waals surface area contributed by atoms with E-state index in [0.29, 0.717) is 17.8 Å². The fraction of sp³-hybridized carbons (Fsp3) is 0.409. The van der Waals surface area contributed by atoms with Crippen molar-refractivity contribution in [2.45, 2.75) is 30.7 Å². The molecular weight excluding hydrogens is 352 g/mol. The van der Waals surface area contributed by atoms with Gasteiger partial charge in [0.1, 0.15) is 0 Å². The van der Waals surface area contributed by atoms with E-state index in [9.17, 15) is 0 Å². The van der Waals surface area contributed by atoms with Crippen molar-refractivity contribution in [2.75, 3.05) is 26.3 Å². The Bertz CT molecular complexity index is 893. The van der Waals surface area contributed by atoms with E-state index in [1.165, 1.54) is 5.56 Å². The van der Waals surface area contributed by atoms with Crippen LogP contribution in [-0.4, -0.2) is 52.4 Å². The van der Waals surface area contributed by atoms with Crippen LogP contribution in [0.15, 0.2) is 59.4 Å². The first-order chi connectivity index (χ1) is 13.9. The van der Waals surface area contributed by atoms with Crippen LogP contribution < -0.4 is 0 Å². The van der Waals surface area contributed by atoms with Crippen molar-refractivity contribution in [1.29, 1.82) is 0 Å². The number of hydrogen-bond acceptors (Lipinski definition) is 6. The second kappa shape index (κ2) is 7.81. The normalized spacial score (nSPS) is 23.9. The van der Waals surface area contributed by atoms with Crippen molar-refractivity contribution in [1.82, 2.24) is 20.0 Å². The summed E-state index contributed by atoms with van der Waals surface area (Å²) in [6.07, 6.45) is 5.97. The highest BCUT2D eigenvalue weighted by molar-refractivity contribution is 5.53. The lowest BCUT2D eigenvalue weighted by Crippen LogP contribution is -2.38. The van der Waals surface area contributed by atoms with Gasteiger partial charge in [-0.2, -0.15) is 4.98 Å². The highest BCUT2D eigenvalue weighted by atomic mass is 16.5. The van der Waals surface area contributed by atoms with E-state index in [1.807, 2.05) is 48.8 Å². The van der Waals surface area contributed by atoms with Gasteiger partial charge in [-0.15, -0.1) is 0 Å². The lowest BCUT2D eigenvalue weighted by atomic mass is 9.90. The van der Waals surface area contributed by atoms with Crippen molar-refractivity contribution in [2.24, 2.45) is 0 Å². The molecule has 6 nitrogen and oxygen atoms in total. The Kier molecular flexibility index (Phi) is 4.89. The summed E-state index contributed by atoms with van der Waals surface area (Å²) in [5, 5.41) is 4.26. The van der Waals surface area contributed by atoms with Crippen LogP contribution in [0.1, 0.15) is 36.1 Å². The molecule has 1 aromatic carbocycles. The number of nitrogens with zero attached hydrogens (tertiary/aromatic N) is 4. The van der Waals surface area contributed by atoms with Gasteiger partial charge in [0.15, 0.2) is 0 Å². The molecule has 3 aromatic rings. The van der Waals surface area contributed by atoms with Gasteiger partial charge < -0.3 is 9.26 Å². The Morgan fingerprint density at radius 2 is 1.75 bits per heavy atom. The molecule has 2 aliphatic heterocycles. The first kappa shape index (κ1) is 17.5. The van der Waals surface area contributed by atoms with Gasteiger partial charge in [-0.3, -0.25) is 9.88 Å². The highest BCUT2D eigenvalue weighted by Crippen LogP contribution is 2.41. The maximum absolute atomic E-state index is 5.76. The van der Waals surface area contributed by atoms with Gasteiger partial charge in [-0.1, -0.05) is 41.6 Å². The second-order valence-electron chi connectivity index (χ2n) is 7.62. The van der Waals surface area contributed by atoms with Gasteiger partial charge >= 0.3 is 0 Å². The molecule has 0 bridgehead atoms. The van der Waals surface area contributed by atoms with Crippen LogP contribution in [0.2, 0.25) is 0 Å². The monoisotopic (exact) mass is 376 g/mol. The van der Waals surface area contributed by atoms with Gasteiger partial charge in [0.2, 0.25) is 11.7 Å². The van der Waals surface area contributed by atoms with E-state index >= 15 is 0 Å². The molecule has 0 N–H and O–H groups in total. The number of likely N-dealkylation sites (tertiary alicyclic amines) is 1. The van der Waals surface area contributed by atoms with Gasteiger partial charge in [0.05, 0.1) is 5.92 Å². The number of ether oxygens (including phenoxy) is 1. The zero-order valence-electron chi connectivity index (χ0n) is 15.8. The van der Waals surface area contributed by atoms with Crippen LogP contribution in [0.4, 0.5) is 0 Å². The average Bonchev–Trinajstić information content (AvgIpc) is 3.43. The molecule has 0 saturated carbocycles. The highest BCUT2D eigenvalue weighted by Gasteiger charge is 2.41. The minimum absolute atomic E-state index is 0.178. The van der Waals surface area contributed by atoms with Crippen molar-refractivity contribution < 1.29 is 9.26 Å². The second-order valence-corrected chi connectivity index (χ2v) is 7.62. The maximum atomic E-state index is 5.76. The Morgan fingerprint density at radius 1 is 0.929 bits per heavy atom. The van der Waals surface area contributed by atoms with Crippen LogP contribution in [0, 0.1) is 0 Å². The number of aromatic nitrogens is 3. The summed E-state index contributed by atoms with van der Waals surface area (Å²) in [5.41, 5.74) is 2.22. The smallest absolute Gasteiger partial charge is 0.232 e. The molecule has 0 radical (unpaired) electrons. The zero-order valence-corrected chi connectivity index (χ0v) is 15.8. The standard InChI is InChI=1S/C22H24N4O2/c1-2-5-16(6-3-1)21-24-22(28-25-21)20-15-26(18-8-11-27-12-9-18)14-19(20)17-7-4-10-23-13-17/h1-7,10,13,18-20H,8-9,11-12,14-15H2/t19-,20+/m0/s1. The number of pyridine rings is 1. The summed E-state index contributed by atoms with van der Waals surface area (Å²) in [6, 6.07) is 14.7. The van der Waals surface area contributed by atoms with Crippen molar-refractivity contribution >= 4 is 0 Å². The molecule has 2 atom stereocenters. The average molecular weight is 376 g/mol. The summed E-state index contributed by atoms with van der Waals surface area (Å²) in [4.78, 5) is 11.7. The van der Waals surface area contributed by atoms with Gasteiger partial charge in [-0.05, 0) is 24.5 Å².